The van der Waals surface area contributed by atoms with Gasteiger partial charge in [-0.2, -0.15) is 0 Å². The van der Waals surface area contributed by atoms with E-state index in [2.05, 4.69) is 67.5 Å². The van der Waals surface area contributed by atoms with Gasteiger partial charge >= 0.3 is 5.97 Å². The van der Waals surface area contributed by atoms with E-state index in [1.807, 2.05) is 66.7 Å². The fraction of sp³-hybridized carbons (Fsp3) is 0.175. The highest BCUT2D eigenvalue weighted by Gasteiger charge is 2.07. The molecule has 0 atom stereocenters. The third-order valence-corrected chi connectivity index (χ3v) is 7.06. The minimum Gasteiger partial charge on any atom is -0.493 e. The molecular formula is C40H34O4. The zero-order valence-corrected chi connectivity index (χ0v) is 24.9. The summed E-state index contributed by atoms with van der Waals surface area (Å²) in [7, 11) is 0. The third kappa shape index (κ3) is 7.68. The van der Waals surface area contributed by atoms with E-state index < -0.39 is 5.97 Å². The normalized spacial score (nSPS) is 10.3. The Balaban J connectivity index is 1.32. The van der Waals surface area contributed by atoms with Crippen LogP contribution >= 0.6 is 0 Å². The van der Waals surface area contributed by atoms with Crippen LogP contribution in [0.2, 0.25) is 0 Å². The van der Waals surface area contributed by atoms with E-state index in [0.29, 0.717) is 26.2 Å². The van der Waals surface area contributed by atoms with Gasteiger partial charge in [-0.25, -0.2) is 4.79 Å². The third-order valence-electron chi connectivity index (χ3n) is 7.06. The van der Waals surface area contributed by atoms with Crippen molar-refractivity contribution in [1.29, 1.82) is 0 Å². The Kier molecular flexibility index (Phi) is 10.3. The number of carbonyl (C=O) groups is 1. The first kappa shape index (κ1) is 30.0. The SMILES string of the molecule is C=CC(=O)OCCCOc1ccc(C#Cc2ccc(C#Cc3ccc(OCCCC)c4ccccc34)c3ccccc23)cc1. The van der Waals surface area contributed by atoms with Crippen LogP contribution in [0, 0.1) is 23.7 Å². The first-order valence-corrected chi connectivity index (χ1v) is 14.9. The lowest BCUT2D eigenvalue weighted by atomic mass is 9.99. The number of benzene rings is 5. The minimum atomic E-state index is -0.424. The van der Waals surface area contributed by atoms with Crippen molar-refractivity contribution in [3.63, 3.8) is 0 Å². The van der Waals surface area contributed by atoms with Gasteiger partial charge in [-0.1, -0.05) is 92.1 Å². The Morgan fingerprint density at radius 2 is 1.18 bits per heavy atom. The van der Waals surface area contributed by atoms with E-state index in [0.717, 1.165) is 74.2 Å². The molecule has 5 rings (SSSR count). The largest absolute Gasteiger partial charge is 0.493 e. The van der Waals surface area contributed by atoms with Crippen LogP contribution in [0.15, 0.2) is 110 Å². The standard InChI is InChI=1S/C40H34O4/c1-3-5-27-43-39-26-23-33(37-13-8-9-14-38(37)39)22-21-32-20-19-31(35-11-6-7-12-36(32)35)18-15-30-16-24-34(25-17-30)42-28-10-29-44-40(41)4-2/h4,6-9,11-14,16-17,19-20,23-26H,2-3,5,10,27-29H2,1H3. The van der Waals surface area contributed by atoms with Crippen molar-refractivity contribution < 1.29 is 19.0 Å². The van der Waals surface area contributed by atoms with Gasteiger partial charge < -0.3 is 14.2 Å². The van der Waals surface area contributed by atoms with E-state index in [-0.39, 0.29) is 0 Å². The number of hydrogen-bond donors (Lipinski definition) is 0. The van der Waals surface area contributed by atoms with Gasteiger partial charge in [0.25, 0.3) is 0 Å². The van der Waals surface area contributed by atoms with Gasteiger partial charge in [-0.05, 0) is 65.7 Å². The van der Waals surface area contributed by atoms with Crippen molar-refractivity contribution in [3.8, 4) is 35.2 Å². The quantitative estimate of drug-likeness (QED) is 0.0722. The lowest BCUT2D eigenvalue weighted by molar-refractivity contribution is -0.137. The Morgan fingerprint density at radius 1 is 0.636 bits per heavy atom. The summed E-state index contributed by atoms with van der Waals surface area (Å²) < 4.78 is 16.7. The van der Waals surface area contributed by atoms with Gasteiger partial charge in [0.05, 0.1) is 19.8 Å². The molecule has 0 aromatic heterocycles. The second-order valence-corrected chi connectivity index (χ2v) is 10.2. The highest BCUT2D eigenvalue weighted by Crippen LogP contribution is 2.29. The molecule has 5 aromatic rings. The second-order valence-electron chi connectivity index (χ2n) is 10.2. The highest BCUT2D eigenvalue weighted by atomic mass is 16.5. The summed E-state index contributed by atoms with van der Waals surface area (Å²) in [4.78, 5) is 11.1. The summed E-state index contributed by atoms with van der Waals surface area (Å²) >= 11 is 0. The molecule has 0 saturated carbocycles. The van der Waals surface area contributed by atoms with Gasteiger partial charge in [-0.3, -0.25) is 0 Å². The molecule has 0 N–H and O–H groups in total. The lowest BCUT2D eigenvalue weighted by Crippen LogP contribution is -2.06. The molecule has 218 valence electrons. The van der Waals surface area contributed by atoms with Crippen LogP contribution in [-0.4, -0.2) is 25.8 Å². The van der Waals surface area contributed by atoms with Gasteiger partial charge in [0.15, 0.2) is 0 Å². The van der Waals surface area contributed by atoms with Crippen LogP contribution in [0.25, 0.3) is 21.5 Å². The summed E-state index contributed by atoms with van der Waals surface area (Å²) in [5.41, 5.74) is 3.76. The molecule has 0 radical (unpaired) electrons. The van der Waals surface area contributed by atoms with E-state index in [1.165, 1.54) is 0 Å². The van der Waals surface area contributed by atoms with Crippen molar-refractivity contribution in [2.75, 3.05) is 19.8 Å². The molecule has 5 aromatic carbocycles. The van der Waals surface area contributed by atoms with Crippen molar-refractivity contribution in [2.24, 2.45) is 0 Å². The van der Waals surface area contributed by atoms with Crippen LogP contribution < -0.4 is 9.47 Å². The first-order chi connectivity index (χ1) is 21.7. The number of ether oxygens (including phenoxy) is 3. The molecule has 0 bridgehead atoms. The summed E-state index contributed by atoms with van der Waals surface area (Å²) in [6.45, 7) is 7.00. The summed E-state index contributed by atoms with van der Waals surface area (Å²) in [5, 5.41) is 4.30. The molecule has 0 fully saturated rings. The second kappa shape index (κ2) is 15.1. The van der Waals surface area contributed by atoms with Crippen LogP contribution in [0.3, 0.4) is 0 Å². The molecule has 0 aliphatic rings. The Labute approximate surface area is 259 Å². The van der Waals surface area contributed by atoms with Crippen LogP contribution in [-0.2, 0) is 9.53 Å². The maximum Gasteiger partial charge on any atom is 0.330 e. The number of hydrogen-bond acceptors (Lipinski definition) is 4. The Bertz CT molecular complexity index is 1900. The zero-order chi connectivity index (χ0) is 30.6. The zero-order valence-electron chi connectivity index (χ0n) is 24.9. The molecule has 44 heavy (non-hydrogen) atoms. The Hall–Kier alpha value is -5.45. The predicted octanol–water partition coefficient (Wildman–Crippen LogP) is 8.47. The molecule has 0 spiro atoms. The van der Waals surface area contributed by atoms with Gasteiger partial charge in [0.1, 0.15) is 11.5 Å². The fourth-order valence-electron chi connectivity index (χ4n) is 4.74. The maximum absolute atomic E-state index is 11.1. The maximum atomic E-state index is 11.1. The monoisotopic (exact) mass is 578 g/mol. The van der Waals surface area contributed by atoms with E-state index in [4.69, 9.17) is 14.2 Å². The van der Waals surface area contributed by atoms with E-state index >= 15 is 0 Å². The van der Waals surface area contributed by atoms with Crippen molar-refractivity contribution in [3.05, 3.63) is 132 Å². The smallest absolute Gasteiger partial charge is 0.330 e. The fourth-order valence-corrected chi connectivity index (χ4v) is 4.74. The van der Waals surface area contributed by atoms with Crippen LogP contribution in [0.4, 0.5) is 0 Å². The molecule has 0 heterocycles. The van der Waals surface area contributed by atoms with Gasteiger partial charge in [-0.15, -0.1) is 0 Å². The van der Waals surface area contributed by atoms with Gasteiger partial charge in [0, 0.05) is 45.5 Å². The molecule has 0 unspecified atom stereocenters. The van der Waals surface area contributed by atoms with E-state index in [9.17, 15) is 4.79 Å². The average Bonchev–Trinajstić information content (AvgIpc) is 3.07. The summed E-state index contributed by atoms with van der Waals surface area (Å²) in [6, 6.07) is 32.4. The number of rotatable bonds is 10. The molecule has 4 heteroatoms. The highest BCUT2D eigenvalue weighted by molar-refractivity contribution is 5.95. The van der Waals surface area contributed by atoms with Gasteiger partial charge in [0.2, 0.25) is 0 Å². The summed E-state index contributed by atoms with van der Waals surface area (Å²) in [6.07, 6.45) is 3.89. The summed E-state index contributed by atoms with van der Waals surface area (Å²) in [5.74, 6) is 14.7. The molecule has 0 saturated heterocycles. The first-order valence-electron chi connectivity index (χ1n) is 14.9. The molecule has 0 amide bonds. The molecule has 0 aliphatic carbocycles. The number of unbranched alkanes of at least 4 members (excludes halogenated alkanes) is 1. The van der Waals surface area contributed by atoms with Crippen molar-refractivity contribution in [1.82, 2.24) is 0 Å². The molecule has 0 aliphatic heterocycles. The lowest BCUT2D eigenvalue weighted by Gasteiger charge is -2.10. The average molecular weight is 579 g/mol. The van der Waals surface area contributed by atoms with Crippen LogP contribution in [0.5, 0.6) is 11.5 Å². The molecule has 4 nitrogen and oxygen atoms in total. The Morgan fingerprint density at radius 3 is 1.80 bits per heavy atom. The minimum absolute atomic E-state index is 0.297. The van der Waals surface area contributed by atoms with Crippen molar-refractivity contribution in [2.45, 2.75) is 26.2 Å². The number of esters is 1. The molecular weight excluding hydrogens is 544 g/mol. The van der Waals surface area contributed by atoms with Crippen LogP contribution in [0.1, 0.15) is 48.4 Å². The number of fused-ring (bicyclic) bond motifs is 2. The number of carbonyl (C=O) groups excluding carboxylic acids is 1. The topological polar surface area (TPSA) is 44.8 Å². The predicted molar refractivity (Wildman–Crippen MR) is 178 cm³/mol. The van der Waals surface area contributed by atoms with Crippen molar-refractivity contribution >= 4 is 27.5 Å². The van der Waals surface area contributed by atoms with E-state index in [1.54, 1.807) is 0 Å².